The lowest BCUT2D eigenvalue weighted by molar-refractivity contribution is 1.11. The molecule has 2 aromatic rings. The molecular formula is C15H19N3. The van der Waals surface area contributed by atoms with Gasteiger partial charge in [0.15, 0.2) is 0 Å². The first-order valence-electron chi connectivity index (χ1n) is 5.99. The van der Waals surface area contributed by atoms with Crippen LogP contribution in [0.3, 0.4) is 0 Å². The molecule has 0 unspecified atom stereocenters. The van der Waals surface area contributed by atoms with Gasteiger partial charge in [0.2, 0.25) is 0 Å². The van der Waals surface area contributed by atoms with E-state index in [1.165, 1.54) is 5.69 Å². The number of aromatic nitrogens is 1. The highest BCUT2D eigenvalue weighted by molar-refractivity contribution is 5.77. The molecule has 0 spiro atoms. The van der Waals surface area contributed by atoms with Crippen LogP contribution in [-0.2, 0) is 0 Å². The van der Waals surface area contributed by atoms with E-state index in [1.807, 2.05) is 32.4 Å². The van der Waals surface area contributed by atoms with Gasteiger partial charge in [0.05, 0.1) is 5.69 Å². The molecule has 0 saturated heterocycles. The van der Waals surface area contributed by atoms with Crippen LogP contribution >= 0.6 is 0 Å². The van der Waals surface area contributed by atoms with E-state index in [9.17, 15) is 0 Å². The average molecular weight is 241 g/mol. The number of benzene rings is 1. The van der Waals surface area contributed by atoms with Crippen molar-refractivity contribution in [2.45, 2.75) is 0 Å². The molecule has 1 aromatic carbocycles. The number of rotatable bonds is 3. The van der Waals surface area contributed by atoms with Crippen LogP contribution < -0.4 is 9.80 Å². The largest absolute Gasteiger partial charge is 0.378 e. The maximum Gasteiger partial charge on any atom is 0.0743 e. The molecule has 0 aliphatic rings. The lowest BCUT2D eigenvalue weighted by atomic mass is 10.1. The zero-order valence-corrected chi connectivity index (χ0v) is 11.4. The quantitative estimate of drug-likeness (QED) is 0.823. The normalized spacial score (nSPS) is 10.2. The number of nitrogens with zero attached hydrogens (tertiary/aromatic N) is 3. The number of hydrogen-bond acceptors (Lipinski definition) is 3. The Labute approximate surface area is 109 Å². The molecule has 0 bridgehead atoms. The van der Waals surface area contributed by atoms with Crippen molar-refractivity contribution in [3.05, 3.63) is 42.6 Å². The van der Waals surface area contributed by atoms with E-state index in [1.54, 1.807) is 0 Å². The van der Waals surface area contributed by atoms with Crippen LogP contribution in [0.2, 0.25) is 0 Å². The molecule has 0 N–H and O–H groups in total. The second-order valence-electron chi connectivity index (χ2n) is 4.71. The number of anilines is 2. The van der Waals surface area contributed by atoms with Gasteiger partial charge in [0.25, 0.3) is 0 Å². The second-order valence-corrected chi connectivity index (χ2v) is 4.71. The molecule has 94 valence electrons. The Hall–Kier alpha value is -2.03. The number of pyridine rings is 1. The molecule has 0 aliphatic heterocycles. The third kappa shape index (κ3) is 2.45. The maximum absolute atomic E-state index is 4.48. The first-order valence-corrected chi connectivity index (χ1v) is 5.99. The predicted molar refractivity (Wildman–Crippen MR) is 78.3 cm³/mol. The topological polar surface area (TPSA) is 19.4 Å². The molecule has 3 heteroatoms. The molecule has 3 nitrogen and oxygen atoms in total. The van der Waals surface area contributed by atoms with E-state index in [4.69, 9.17) is 0 Å². The minimum absolute atomic E-state index is 1.01. The van der Waals surface area contributed by atoms with Gasteiger partial charge in [-0.15, -0.1) is 0 Å². The summed E-state index contributed by atoms with van der Waals surface area (Å²) in [7, 11) is 8.18. The van der Waals surface area contributed by atoms with E-state index in [-0.39, 0.29) is 0 Å². The molecule has 1 aromatic heterocycles. The SMILES string of the molecule is CN(C)c1ccnc(-c2ccccc2N(C)C)c1. The lowest BCUT2D eigenvalue weighted by Gasteiger charge is -2.18. The Bertz CT molecular complexity index is 533. The third-order valence-electron chi connectivity index (χ3n) is 2.92. The van der Waals surface area contributed by atoms with Gasteiger partial charge >= 0.3 is 0 Å². The van der Waals surface area contributed by atoms with Crippen molar-refractivity contribution in [2.75, 3.05) is 38.0 Å². The van der Waals surface area contributed by atoms with Crippen LogP contribution in [-0.4, -0.2) is 33.2 Å². The first kappa shape index (κ1) is 12.4. The summed E-state index contributed by atoms with van der Waals surface area (Å²) < 4.78 is 0. The fourth-order valence-corrected chi connectivity index (χ4v) is 1.93. The first-order chi connectivity index (χ1) is 8.59. The number of para-hydroxylation sites is 1. The Kier molecular flexibility index (Phi) is 3.51. The molecule has 0 saturated carbocycles. The third-order valence-corrected chi connectivity index (χ3v) is 2.92. The summed E-state index contributed by atoms with van der Waals surface area (Å²) in [6.07, 6.45) is 1.86. The Morgan fingerprint density at radius 2 is 1.61 bits per heavy atom. The van der Waals surface area contributed by atoms with Gasteiger partial charge in [-0.1, -0.05) is 18.2 Å². The van der Waals surface area contributed by atoms with Crippen LogP contribution in [0.25, 0.3) is 11.3 Å². The molecule has 2 rings (SSSR count). The van der Waals surface area contributed by atoms with E-state index in [2.05, 4.69) is 53.1 Å². The molecule has 0 fully saturated rings. The van der Waals surface area contributed by atoms with Crippen molar-refractivity contribution in [1.82, 2.24) is 4.98 Å². The zero-order valence-electron chi connectivity index (χ0n) is 11.4. The summed E-state index contributed by atoms with van der Waals surface area (Å²) in [6, 6.07) is 12.4. The van der Waals surface area contributed by atoms with E-state index in [0.717, 1.165) is 16.9 Å². The highest BCUT2D eigenvalue weighted by Crippen LogP contribution is 2.29. The molecule has 0 aliphatic carbocycles. The van der Waals surface area contributed by atoms with E-state index < -0.39 is 0 Å². The smallest absolute Gasteiger partial charge is 0.0743 e. The van der Waals surface area contributed by atoms with Gasteiger partial charge in [-0.3, -0.25) is 4.98 Å². The Balaban J connectivity index is 2.52. The summed E-state index contributed by atoms with van der Waals surface area (Å²) in [4.78, 5) is 8.68. The summed E-state index contributed by atoms with van der Waals surface area (Å²) in [5, 5.41) is 0. The van der Waals surface area contributed by atoms with Gasteiger partial charge in [-0.2, -0.15) is 0 Å². The summed E-state index contributed by atoms with van der Waals surface area (Å²) in [5.41, 5.74) is 4.51. The minimum Gasteiger partial charge on any atom is -0.378 e. The highest BCUT2D eigenvalue weighted by Gasteiger charge is 2.08. The number of hydrogen-bond donors (Lipinski definition) is 0. The van der Waals surface area contributed by atoms with Crippen molar-refractivity contribution < 1.29 is 0 Å². The standard InChI is InChI=1S/C15H19N3/c1-17(2)12-9-10-16-14(11-12)13-7-5-6-8-15(13)18(3)4/h5-11H,1-4H3. The predicted octanol–water partition coefficient (Wildman–Crippen LogP) is 2.88. The van der Waals surface area contributed by atoms with Gasteiger partial charge in [-0.05, 0) is 18.2 Å². The molecular weight excluding hydrogens is 222 g/mol. The minimum atomic E-state index is 1.01. The van der Waals surface area contributed by atoms with Crippen molar-refractivity contribution in [2.24, 2.45) is 0 Å². The summed E-state index contributed by atoms with van der Waals surface area (Å²) >= 11 is 0. The zero-order chi connectivity index (χ0) is 13.1. The molecule has 18 heavy (non-hydrogen) atoms. The lowest BCUT2D eigenvalue weighted by Crippen LogP contribution is -2.11. The fourth-order valence-electron chi connectivity index (χ4n) is 1.93. The van der Waals surface area contributed by atoms with Gasteiger partial charge in [0.1, 0.15) is 0 Å². The Morgan fingerprint density at radius 3 is 2.28 bits per heavy atom. The van der Waals surface area contributed by atoms with Gasteiger partial charge < -0.3 is 9.80 Å². The van der Waals surface area contributed by atoms with Gasteiger partial charge in [0, 0.05) is 51.3 Å². The van der Waals surface area contributed by atoms with Gasteiger partial charge in [-0.25, -0.2) is 0 Å². The molecule has 0 atom stereocenters. The van der Waals surface area contributed by atoms with Crippen LogP contribution in [0.15, 0.2) is 42.6 Å². The highest BCUT2D eigenvalue weighted by atomic mass is 15.1. The van der Waals surface area contributed by atoms with Crippen molar-refractivity contribution in [3.63, 3.8) is 0 Å². The maximum atomic E-state index is 4.48. The molecule has 0 radical (unpaired) electrons. The van der Waals surface area contributed by atoms with E-state index >= 15 is 0 Å². The van der Waals surface area contributed by atoms with E-state index in [0.29, 0.717) is 0 Å². The van der Waals surface area contributed by atoms with Crippen LogP contribution in [0.5, 0.6) is 0 Å². The monoisotopic (exact) mass is 241 g/mol. The molecule has 1 heterocycles. The van der Waals surface area contributed by atoms with Crippen molar-refractivity contribution in [3.8, 4) is 11.3 Å². The Morgan fingerprint density at radius 1 is 0.889 bits per heavy atom. The average Bonchev–Trinajstić information content (AvgIpc) is 2.39. The summed E-state index contributed by atoms with van der Waals surface area (Å²) in [5.74, 6) is 0. The van der Waals surface area contributed by atoms with Crippen LogP contribution in [0.1, 0.15) is 0 Å². The second kappa shape index (κ2) is 5.08. The summed E-state index contributed by atoms with van der Waals surface area (Å²) in [6.45, 7) is 0. The van der Waals surface area contributed by atoms with Crippen molar-refractivity contribution >= 4 is 11.4 Å². The van der Waals surface area contributed by atoms with Crippen molar-refractivity contribution in [1.29, 1.82) is 0 Å². The van der Waals surface area contributed by atoms with Crippen LogP contribution in [0, 0.1) is 0 Å². The fraction of sp³-hybridized carbons (Fsp3) is 0.267. The van der Waals surface area contributed by atoms with Crippen LogP contribution in [0.4, 0.5) is 11.4 Å². The molecule has 0 amide bonds.